The molecule has 22 heavy (non-hydrogen) atoms. The molecule has 0 radical (unpaired) electrons. The van der Waals surface area contributed by atoms with Crippen LogP contribution in [0.3, 0.4) is 0 Å². The minimum Gasteiger partial charge on any atom is -0.455 e. The number of aliphatic hydroxyl groups is 1. The van der Waals surface area contributed by atoms with Crippen molar-refractivity contribution >= 4 is 11.9 Å². The first-order valence-electron chi connectivity index (χ1n) is 8.53. The van der Waals surface area contributed by atoms with Gasteiger partial charge in [0.05, 0.1) is 11.0 Å². The number of ether oxygens (including phenoxy) is 1. The molecule has 124 valence electrons. The van der Waals surface area contributed by atoms with Gasteiger partial charge in [0.25, 0.3) is 5.91 Å². The summed E-state index contributed by atoms with van der Waals surface area (Å²) in [6.45, 7) is 3.71. The van der Waals surface area contributed by atoms with Gasteiger partial charge >= 0.3 is 5.97 Å². The Balaban J connectivity index is 1.59. The summed E-state index contributed by atoms with van der Waals surface area (Å²) in [6, 6.07) is 0.0893. The molecule has 2 N–H and O–H groups in total. The van der Waals surface area contributed by atoms with Crippen molar-refractivity contribution in [3.8, 4) is 0 Å². The van der Waals surface area contributed by atoms with Crippen LogP contribution in [0.15, 0.2) is 0 Å². The van der Waals surface area contributed by atoms with Crippen molar-refractivity contribution in [1.82, 2.24) is 5.32 Å². The van der Waals surface area contributed by atoms with Crippen molar-refractivity contribution in [3.05, 3.63) is 0 Å². The smallest absolute Gasteiger partial charge is 0.312 e. The number of carbonyl (C=O) groups is 2. The molecule has 4 saturated carbocycles. The van der Waals surface area contributed by atoms with Crippen LogP contribution in [-0.2, 0) is 14.3 Å². The maximum absolute atomic E-state index is 12.6. The van der Waals surface area contributed by atoms with Crippen LogP contribution in [0.1, 0.15) is 58.8 Å². The van der Waals surface area contributed by atoms with E-state index in [1.807, 2.05) is 13.8 Å². The maximum Gasteiger partial charge on any atom is 0.312 e. The maximum atomic E-state index is 12.6. The van der Waals surface area contributed by atoms with Crippen LogP contribution in [0.5, 0.6) is 0 Å². The van der Waals surface area contributed by atoms with Crippen molar-refractivity contribution in [2.75, 3.05) is 6.61 Å². The van der Waals surface area contributed by atoms with Gasteiger partial charge in [-0.3, -0.25) is 9.59 Å². The summed E-state index contributed by atoms with van der Waals surface area (Å²) in [7, 11) is 0. The third kappa shape index (κ3) is 2.87. The van der Waals surface area contributed by atoms with Gasteiger partial charge in [-0.05, 0) is 63.7 Å². The van der Waals surface area contributed by atoms with Gasteiger partial charge in [0.1, 0.15) is 0 Å². The van der Waals surface area contributed by atoms with Crippen LogP contribution in [0.2, 0.25) is 0 Å². The highest BCUT2D eigenvalue weighted by Crippen LogP contribution is 2.61. The molecule has 0 saturated heterocycles. The van der Waals surface area contributed by atoms with E-state index in [1.165, 1.54) is 0 Å². The van der Waals surface area contributed by atoms with Gasteiger partial charge in [0.15, 0.2) is 6.61 Å². The SMILES string of the molecule is CC[C@@H](C)NC(=O)COC(=O)C12C[C@@H]3C[C@@H](CC(O)(C3)C1)C2. The van der Waals surface area contributed by atoms with E-state index in [0.29, 0.717) is 18.3 Å². The van der Waals surface area contributed by atoms with Gasteiger partial charge < -0.3 is 15.2 Å². The summed E-state index contributed by atoms with van der Waals surface area (Å²) in [5.74, 6) is 0.353. The van der Waals surface area contributed by atoms with Crippen molar-refractivity contribution in [2.45, 2.75) is 70.4 Å². The van der Waals surface area contributed by atoms with Gasteiger partial charge in [0.2, 0.25) is 0 Å². The van der Waals surface area contributed by atoms with Crippen molar-refractivity contribution < 1.29 is 19.4 Å². The van der Waals surface area contributed by atoms with E-state index in [-0.39, 0.29) is 24.5 Å². The number of carbonyl (C=O) groups excluding carboxylic acids is 2. The number of nitrogens with one attached hydrogen (secondary N) is 1. The van der Waals surface area contributed by atoms with Crippen LogP contribution >= 0.6 is 0 Å². The van der Waals surface area contributed by atoms with E-state index in [1.54, 1.807) is 0 Å². The quantitative estimate of drug-likeness (QED) is 0.759. The fraction of sp³-hybridized carbons (Fsp3) is 0.882. The van der Waals surface area contributed by atoms with E-state index in [2.05, 4.69) is 5.32 Å². The topological polar surface area (TPSA) is 75.6 Å². The standard InChI is InChI=1S/C17H27NO4/c1-3-11(2)18-14(19)9-22-15(20)16-5-12-4-13(6-16)8-17(21,7-12)10-16/h11-13,21H,3-10H2,1-2H3,(H,18,19)/t11-,12-,13+,16?,17?/m1/s1. The fourth-order valence-electron chi connectivity index (χ4n) is 5.16. The molecular formula is C17H27NO4. The Labute approximate surface area is 131 Å². The molecule has 0 aromatic heterocycles. The largest absolute Gasteiger partial charge is 0.455 e. The lowest BCUT2D eigenvalue weighted by Crippen LogP contribution is -2.58. The molecule has 4 aliphatic rings. The lowest BCUT2D eigenvalue weighted by atomic mass is 9.48. The van der Waals surface area contributed by atoms with Gasteiger partial charge in [-0.2, -0.15) is 0 Å². The van der Waals surface area contributed by atoms with E-state index < -0.39 is 11.0 Å². The average Bonchev–Trinajstić information content (AvgIpc) is 2.41. The zero-order chi connectivity index (χ0) is 16.0. The Hall–Kier alpha value is -1.10. The Morgan fingerprint density at radius 3 is 2.45 bits per heavy atom. The molecule has 1 amide bonds. The lowest BCUT2D eigenvalue weighted by molar-refractivity contribution is -0.196. The van der Waals surface area contributed by atoms with E-state index >= 15 is 0 Å². The van der Waals surface area contributed by atoms with Crippen LogP contribution < -0.4 is 5.32 Å². The molecular weight excluding hydrogens is 282 g/mol. The Morgan fingerprint density at radius 1 is 1.27 bits per heavy atom. The first kappa shape index (κ1) is 15.8. The molecule has 5 nitrogen and oxygen atoms in total. The van der Waals surface area contributed by atoms with Gasteiger partial charge in [-0.1, -0.05) is 6.92 Å². The molecule has 4 fully saturated rings. The normalized spacial score (nSPS) is 40.3. The molecule has 2 unspecified atom stereocenters. The first-order chi connectivity index (χ1) is 10.3. The molecule has 0 aromatic rings. The summed E-state index contributed by atoms with van der Waals surface area (Å²) >= 11 is 0. The average molecular weight is 309 g/mol. The summed E-state index contributed by atoms with van der Waals surface area (Å²) in [4.78, 5) is 24.4. The third-order valence-corrected chi connectivity index (χ3v) is 5.82. The second-order valence-electron chi connectivity index (χ2n) is 7.92. The molecule has 0 spiro atoms. The Bertz CT molecular complexity index is 461. The second kappa shape index (κ2) is 5.52. The number of amides is 1. The summed E-state index contributed by atoms with van der Waals surface area (Å²) < 4.78 is 5.32. The molecule has 5 heteroatoms. The molecule has 0 aromatic carbocycles. The zero-order valence-electron chi connectivity index (χ0n) is 13.6. The summed E-state index contributed by atoms with van der Waals surface area (Å²) in [5, 5.41) is 13.5. The van der Waals surface area contributed by atoms with Gasteiger partial charge in [0, 0.05) is 6.04 Å². The number of rotatable bonds is 5. The lowest BCUT2D eigenvalue weighted by Gasteiger charge is -2.58. The first-order valence-corrected chi connectivity index (χ1v) is 8.53. The summed E-state index contributed by atoms with van der Waals surface area (Å²) in [5.41, 5.74) is -1.22. The Morgan fingerprint density at radius 2 is 1.91 bits per heavy atom. The molecule has 0 aliphatic heterocycles. The van der Waals surface area contributed by atoms with Crippen LogP contribution in [-0.4, -0.2) is 35.2 Å². The highest BCUT2D eigenvalue weighted by atomic mass is 16.5. The molecule has 4 aliphatic carbocycles. The minimum absolute atomic E-state index is 0.0893. The molecule has 5 atom stereocenters. The van der Waals surface area contributed by atoms with E-state index in [4.69, 9.17) is 4.74 Å². The van der Waals surface area contributed by atoms with E-state index in [9.17, 15) is 14.7 Å². The third-order valence-electron chi connectivity index (χ3n) is 5.82. The molecule has 4 bridgehead atoms. The van der Waals surface area contributed by atoms with Crippen LogP contribution in [0.4, 0.5) is 0 Å². The number of hydrogen-bond donors (Lipinski definition) is 2. The molecule has 4 rings (SSSR count). The van der Waals surface area contributed by atoms with Crippen LogP contribution in [0.25, 0.3) is 0 Å². The monoisotopic (exact) mass is 309 g/mol. The second-order valence-corrected chi connectivity index (χ2v) is 7.92. The molecule has 0 heterocycles. The van der Waals surface area contributed by atoms with Gasteiger partial charge in [-0.15, -0.1) is 0 Å². The Kier molecular flexibility index (Phi) is 3.96. The van der Waals surface area contributed by atoms with E-state index in [0.717, 1.165) is 38.5 Å². The zero-order valence-corrected chi connectivity index (χ0v) is 13.6. The highest BCUT2D eigenvalue weighted by molar-refractivity contribution is 5.83. The highest BCUT2D eigenvalue weighted by Gasteiger charge is 2.60. The predicted molar refractivity (Wildman–Crippen MR) is 80.9 cm³/mol. The van der Waals surface area contributed by atoms with Crippen LogP contribution in [0, 0.1) is 17.3 Å². The summed E-state index contributed by atoms with van der Waals surface area (Å²) in [6.07, 6.45) is 5.78. The number of hydrogen-bond acceptors (Lipinski definition) is 4. The van der Waals surface area contributed by atoms with Gasteiger partial charge in [-0.25, -0.2) is 0 Å². The number of esters is 1. The van der Waals surface area contributed by atoms with Crippen molar-refractivity contribution in [1.29, 1.82) is 0 Å². The van der Waals surface area contributed by atoms with Crippen molar-refractivity contribution in [2.24, 2.45) is 17.3 Å². The van der Waals surface area contributed by atoms with Crippen molar-refractivity contribution in [3.63, 3.8) is 0 Å². The minimum atomic E-state index is -0.678. The predicted octanol–water partition coefficient (Wildman–Crippen LogP) is 1.78. The fourth-order valence-corrected chi connectivity index (χ4v) is 5.16.